The molecule has 0 radical (unpaired) electrons. The van der Waals surface area contributed by atoms with Crippen molar-refractivity contribution in [2.24, 2.45) is 5.92 Å². The average Bonchev–Trinajstić information content (AvgIpc) is 3.45. The summed E-state index contributed by atoms with van der Waals surface area (Å²) in [4.78, 5) is 17.3. The van der Waals surface area contributed by atoms with Crippen molar-refractivity contribution in [3.8, 4) is 11.1 Å². The molecule has 0 spiro atoms. The molecule has 150 valence electrons. The van der Waals surface area contributed by atoms with Crippen molar-refractivity contribution < 1.29 is 4.79 Å². The summed E-state index contributed by atoms with van der Waals surface area (Å²) in [6.07, 6.45) is 4.46. The molecule has 1 aliphatic carbocycles. The lowest BCUT2D eigenvalue weighted by Gasteiger charge is -2.09. The van der Waals surface area contributed by atoms with E-state index in [9.17, 15) is 4.79 Å². The number of para-hydroxylation sites is 1. The number of ketones is 1. The fourth-order valence-corrected chi connectivity index (χ4v) is 5.22. The van der Waals surface area contributed by atoms with Crippen molar-refractivity contribution in [3.63, 3.8) is 0 Å². The zero-order valence-electron chi connectivity index (χ0n) is 17.0. The zero-order valence-corrected chi connectivity index (χ0v) is 17.8. The molecule has 0 atom stereocenters. The van der Waals surface area contributed by atoms with Crippen molar-refractivity contribution in [1.82, 2.24) is 4.98 Å². The number of Topliss-reactive ketones (excluding diaryl/α,β-unsaturated/α-hetero) is 1. The van der Waals surface area contributed by atoms with E-state index in [0.29, 0.717) is 5.78 Å². The summed E-state index contributed by atoms with van der Waals surface area (Å²) in [5, 5.41) is 4.32. The van der Waals surface area contributed by atoms with Crippen LogP contribution in [-0.2, 0) is 0 Å². The van der Waals surface area contributed by atoms with Crippen LogP contribution in [0.4, 0.5) is 10.8 Å². The second-order valence-corrected chi connectivity index (χ2v) is 9.10. The first-order chi connectivity index (χ1) is 14.7. The SMILES string of the molecule is Cc1cccc2sc(Nc3ccc(-c4ccc(C(=O)C5CCCC5)cc4)cc3)nc12. The molecule has 0 unspecified atom stereocenters. The minimum absolute atomic E-state index is 0.229. The highest BCUT2D eigenvalue weighted by molar-refractivity contribution is 7.22. The third-order valence-electron chi connectivity index (χ3n) is 5.99. The Labute approximate surface area is 180 Å². The van der Waals surface area contributed by atoms with Crippen LogP contribution in [0.5, 0.6) is 0 Å². The van der Waals surface area contributed by atoms with E-state index in [1.54, 1.807) is 11.3 Å². The Balaban J connectivity index is 1.30. The number of carbonyl (C=O) groups excluding carboxylic acids is 1. The Bertz CT molecular complexity index is 1190. The van der Waals surface area contributed by atoms with Gasteiger partial charge in [0.2, 0.25) is 0 Å². The number of nitrogens with zero attached hydrogens (tertiary/aromatic N) is 1. The number of nitrogens with one attached hydrogen (secondary N) is 1. The van der Waals surface area contributed by atoms with Crippen LogP contribution in [0.2, 0.25) is 0 Å². The van der Waals surface area contributed by atoms with Crippen molar-refractivity contribution >= 4 is 38.2 Å². The average molecular weight is 413 g/mol. The lowest BCUT2D eigenvalue weighted by molar-refractivity contribution is 0.0923. The molecule has 1 saturated carbocycles. The lowest BCUT2D eigenvalue weighted by Crippen LogP contribution is -2.10. The van der Waals surface area contributed by atoms with Gasteiger partial charge in [0.15, 0.2) is 10.9 Å². The summed E-state index contributed by atoms with van der Waals surface area (Å²) in [6.45, 7) is 2.09. The number of hydrogen-bond donors (Lipinski definition) is 1. The van der Waals surface area contributed by atoms with E-state index in [-0.39, 0.29) is 5.92 Å². The van der Waals surface area contributed by atoms with Crippen LogP contribution in [0.15, 0.2) is 66.7 Å². The van der Waals surface area contributed by atoms with E-state index in [4.69, 9.17) is 4.98 Å². The summed E-state index contributed by atoms with van der Waals surface area (Å²) >= 11 is 1.67. The van der Waals surface area contributed by atoms with E-state index in [0.717, 1.165) is 45.9 Å². The number of anilines is 2. The maximum Gasteiger partial charge on any atom is 0.188 e. The van der Waals surface area contributed by atoms with Gasteiger partial charge in [-0.3, -0.25) is 4.79 Å². The molecule has 4 heteroatoms. The molecule has 1 N–H and O–H groups in total. The number of aromatic nitrogens is 1. The number of aryl methyl sites for hydroxylation is 1. The van der Waals surface area contributed by atoms with Gasteiger partial charge in [-0.05, 0) is 54.7 Å². The highest BCUT2D eigenvalue weighted by atomic mass is 32.1. The molecule has 1 aliphatic rings. The topological polar surface area (TPSA) is 42.0 Å². The van der Waals surface area contributed by atoms with Gasteiger partial charge in [-0.1, -0.05) is 72.7 Å². The van der Waals surface area contributed by atoms with Crippen molar-refractivity contribution in [2.45, 2.75) is 32.6 Å². The lowest BCUT2D eigenvalue weighted by atomic mass is 9.94. The van der Waals surface area contributed by atoms with Gasteiger partial charge in [0.1, 0.15) is 0 Å². The van der Waals surface area contributed by atoms with Crippen molar-refractivity contribution in [3.05, 3.63) is 77.9 Å². The van der Waals surface area contributed by atoms with Gasteiger partial charge in [-0.15, -0.1) is 0 Å². The standard InChI is InChI=1S/C26H24N2OS/c1-17-5-4-8-23-24(17)28-26(30-23)27-22-15-13-19(14-16-22)18-9-11-21(12-10-18)25(29)20-6-2-3-7-20/h4-5,8-16,20H,2-3,6-7H2,1H3,(H,27,28). The minimum Gasteiger partial charge on any atom is -0.332 e. The first kappa shape index (κ1) is 19.0. The van der Waals surface area contributed by atoms with Crippen LogP contribution in [0, 0.1) is 12.8 Å². The van der Waals surface area contributed by atoms with Gasteiger partial charge in [0.25, 0.3) is 0 Å². The number of hydrogen-bond acceptors (Lipinski definition) is 4. The molecule has 0 saturated heterocycles. The van der Waals surface area contributed by atoms with Gasteiger partial charge in [0, 0.05) is 17.2 Å². The molecule has 4 aromatic rings. The van der Waals surface area contributed by atoms with Gasteiger partial charge >= 0.3 is 0 Å². The quantitative estimate of drug-likeness (QED) is 0.348. The maximum atomic E-state index is 12.6. The number of benzene rings is 3. The molecule has 3 nitrogen and oxygen atoms in total. The maximum absolute atomic E-state index is 12.6. The van der Waals surface area contributed by atoms with E-state index in [1.165, 1.54) is 23.1 Å². The van der Waals surface area contributed by atoms with Crippen LogP contribution in [0.3, 0.4) is 0 Å². The molecule has 0 bridgehead atoms. The van der Waals surface area contributed by atoms with Crippen LogP contribution >= 0.6 is 11.3 Å². The molecule has 1 heterocycles. The predicted octanol–water partition coefficient (Wildman–Crippen LogP) is 7.39. The molecule has 1 aromatic heterocycles. The van der Waals surface area contributed by atoms with Crippen LogP contribution in [0.25, 0.3) is 21.3 Å². The Morgan fingerprint density at radius 2 is 1.60 bits per heavy atom. The summed E-state index contributed by atoms with van der Waals surface area (Å²) in [6, 6.07) is 22.7. The predicted molar refractivity (Wildman–Crippen MR) is 126 cm³/mol. The third kappa shape index (κ3) is 3.75. The van der Waals surface area contributed by atoms with Crippen molar-refractivity contribution in [1.29, 1.82) is 0 Å². The highest BCUT2D eigenvalue weighted by Crippen LogP contribution is 2.31. The number of rotatable bonds is 5. The molecule has 1 fully saturated rings. The number of fused-ring (bicyclic) bond motifs is 1. The Morgan fingerprint density at radius 3 is 2.27 bits per heavy atom. The molecule has 0 amide bonds. The molecular weight excluding hydrogens is 388 g/mol. The van der Waals surface area contributed by atoms with Crippen molar-refractivity contribution in [2.75, 3.05) is 5.32 Å². The van der Waals surface area contributed by atoms with Gasteiger partial charge < -0.3 is 5.32 Å². The summed E-state index contributed by atoms with van der Waals surface area (Å²) in [5.74, 6) is 0.539. The summed E-state index contributed by atoms with van der Waals surface area (Å²) in [7, 11) is 0. The first-order valence-corrected chi connectivity index (χ1v) is 11.4. The van der Waals surface area contributed by atoms with E-state index >= 15 is 0 Å². The van der Waals surface area contributed by atoms with E-state index < -0.39 is 0 Å². The Hall–Kier alpha value is -2.98. The third-order valence-corrected chi connectivity index (χ3v) is 6.92. The van der Waals surface area contributed by atoms with Crippen LogP contribution in [-0.4, -0.2) is 10.8 Å². The Kier molecular flexibility index (Phi) is 5.09. The number of thiazole rings is 1. The van der Waals surface area contributed by atoms with Crippen LogP contribution in [0.1, 0.15) is 41.6 Å². The fraction of sp³-hybridized carbons (Fsp3) is 0.231. The zero-order chi connectivity index (χ0) is 20.5. The first-order valence-electron chi connectivity index (χ1n) is 10.6. The minimum atomic E-state index is 0.229. The summed E-state index contributed by atoms with van der Waals surface area (Å²) < 4.78 is 1.20. The number of carbonyl (C=O) groups is 1. The van der Waals surface area contributed by atoms with E-state index in [1.807, 2.05) is 12.1 Å². The smallest absolute Gasteiger partial charge is 0.188 e. The van der Waals surface area contributed by atoms with E-state index in [2.05, 4.69) is 66.8 Å². The Morgan fingerprint density at radius 1 is 0.933 bits per heavy atom. The molecular formula is C26H24N2OS. The summed E-state index contributed by atoms with van der Waals surface area (Å²) in [5.41, 5.74) is 6.38. The van der Waals surface area contributed by atoms with Gasteiger partial charge in [-0.2, -0.15) is 0 Å². The normalized spacial score (nSPS) is 14.3. The molecule has 30 heavy (non-hydrogen) atoms. The fourth-order valence-electron chi connectivity index (χ4n) is 4.26. The molecule has 5 rings (SSSR count). The molecule has 3 aromatic carbocycles. The monoisotopic (exact) mass is 412 g/mol. The molecule has 0 aliphatic heterocycles. The second-order valence-electron chi connectivity index (χ2n) is 8.07. The second kappa shape index (κ2) is 8.04. The highest BCUT2D eigenvalue weighted by Gasteiger charge is 2.23. The largest absolute Gasteiger partial charge is 0.332 e. The van der Waals surface area contributed by atoms with Gasteiger partial charge in [0.05, 0.1) is 10.2 Å². The van der Waals surface area contributed by atoms with Gasteiger partial charge in [-0.25, -0.2) is 4.98 Å². The van der Waals surface area contributed by atoms with Crippen LogP contribution < -0.4 is 5.32 Å².